The molecule has 0 aliphatic carbocycles. The average molecular weight is 753 g/mol. The Morgan fingerprint density at radius 1 is 0.356 bits per heavy atom. The lowest BCUT2D eigenvalue weighted by Crippen LogP contribution is -2.04. The quantitative estimate of drug-likeness (QED) is 0.180. The third-order valence-corrected chi connectivity index (χ3v) is 12.1. The molecule has 0 bridgehead atoms. The van der Waals surface area contributed by atoms with Crippen LogP contribution in [0.15, 0.2) is 199 Å². The lowest BCUT2D eigenvalue weighted by Gasteiger charge is -2.13. The molecule has 0 radical (unpaired) electrons. The van der Waals surface area contributed by atoms with Crippen LogP contribution in [0.1, 0.15) is 0 Å². The van der Waals surface area contributed by atoms with Gasteiger partial charge in [-0.2, -0.15) is 0 Å². The summed E-state index contributed by atoms with van der Waals surface area (Å²) in [5.74, 6) is 0.609. The van der Waals surface area contributed by atoms with Gasteiger partial charge in [-0.3, -0.25) is 4.57 Å². The molecule has 59 heavy (non-hydrogen) atoms. The van der Waals surface area contributed by atoms with Crippen LogP contribution in [0.25, 0.3) is 121 Å². The molecule has 0 saturated carbocycles. The van der Waals surface area contributed by atoms with Gasteiger partial charge in [0, 0.05) is 43.3 Å². The maximum absolute atomic E-state index is 6.56. The van der Waals surface area contributed by atoms with Crippen molar-refractivity contribution in [1.29, 1.82) is 0 Å². The number of para-hydroxylation sites is 3. The van der Waals surface area contributed by atoms with Crippen molar-refractivity contribution in [2.45, 2.75) is 0 Å². The second kappa shape index (κ2) is 12.2. The minimum Gasteiger partial charge on any atom is -0.456 e. The molecule has 0 saturated heterocycles. The first kappa shape index (κ1) is 32.1. The Balaban J connectivity index is 1.20. The molecule has 0 unspecified atom stereocenters. The van der Waals surface area contributed by atoms with Crippen molar-refractivity contribution in [3.05, 3.63) is 194 Å². The van der Waals surface area contributed by atoms with E-state index in [0.717, 1.165) is 99.0 Å². The van der Waals surface area contributed by atoms with Gasteiger partial charge in [-0.25, -0.2) is 9.97 Å². The predicted molar refractivity (Wildman–Crippen MR) is 244 cm³/mol. The average Bonchev–Trinajstić information content (AvgIpc) is 3.96. The minimum absolute atomic E-state index is 0.609. The third kappa shape index (κ3) is 4.61. The fourth-order valence-electron chi connectivity index (χ4n) is 9.55. The number of hydrogen-bond acceptors (Lipinski definition) is 3. The van der Waals surface area contributed by atoms with Crippen LogP contribution in [0, 0.1) is 0 Å². The molecular weight excluding hydrogens is 721 g/mol. The van der Waals surface area contributed by atoms with Gasteiger partial charge in [0.25, 0.3) is 0 Å². The fourth-order valence-corrected chi connectivity index (χ4v) is 9.55. The molecule has 0 aliphatic rings. The number of benzene rings is 9. The standard InChI is InChI=1S/C54H32N4O/c1-2-13-33(14-3-1)34-25-27-36(28-26-34)51-40-18-6-9-21-43(40)55-54(56-51)58-52-38(39-30-32-48-50(53(39)58)42-20-8-11-24-47(42)59-48)29-31-46-49(52)41-19-7-10-22-45(41)57(46)44-23-12-16-35-15-4-5-17-37(35)44/h1-32H. The summed E-state index contributed by atoms with van der Waals surface area (Å²) in [5, 5.41) is 10.1. The predicted octanol–water partition coefficient (Wildman–Crippen LogP) is 14.2. The number of furan rings is 1. The molecule has 0 spiro atoms. The van der Waals surface area contributed by atoms with Gasteiger partial charge in [0.2, 0.25) is 5.95 Å². The summed E-state index contributed by atoms with van der Waals surface area (Å²) in [6.07, 6.45) is 0. The summed E-state index contributed by atoms with van der Waals surface area (Å²) in [6.45, 7) is 0. The summed E-state index contributed by atoms with van der Waals surface area (Å²) >= 11 is 0. The van der Waals surface area contributed by atoms with Gasteiger partial charge in [0.05, 0.1) is 44.4 Å². The lowest BCUT2D eigenvalue weighted by molar-refractivity contribution is 0.669. The monoisotopic (exact) mass is 752 g/mol. The van der Waals surface area contributed by atoms with E-state index >= 15 is 0 Å². The molecule has 0 atom stereocenters. The van der Waals surface area contributed by atoms with Crippen molar-refractivity contribution in [3.8, 4) is 34.0 Å². The topological polar surface area (TPSA) is 48.8 Å². The molecule has 274 valence electrons. The van der Waals surface area contributed by atoms with Crippen LogP contribution in [-0.2, 0) is 0 Å². The smallest absolute Gasteiger partial charge is 0.235 e. The van der Waals surface area contributed by atoms with Crippen LogP contribution in [-0.4, -0.2) is 19.1 Å². The Kier molecular flexibility index (Phi) is 6.66. The van der Waals surface area contributed by atoms with Gasteiger partial charge in [0.15, 0.2) is 0 Å². The minimum atomic E-state index is 0.609. The van der Waals surface area contributed by atoms with Gasteiger partial charge in [-0.05, 0) is 59.0 Å². The second-order valence-electron chi connectivity index (χ2n) is 15.3. The van der Waals surface area contributed by atoms with Crippen LogP contribution in [0.5, 0.6) is 0 Å². The van der Waals surface area contributed by atoms with Gasteiger partial charge < -0.3 is 8.98 Å². The Morgan fingerprint density at radius 2 is 1.00 bits per heavy atom. The van der Waals surface area contributed by atoms with Crippen LogP contribution in [0.3, 0.4) is 0 Å². The van der Waals surface area contributed by atoms with Gasteiger partial charge in [-0.1, -0.05) is 152 Å². The largest absolute Gasteiger partial charge is 0.456 e. The number of rotatable bonds is 4. The zero-order chi connectivity index (χ0) is 38.6. The SMILES string of the molecule is c1ccc(-c2ccc(-c3nc(-n4c5c(ccc6oc7ccccc7c65)c5ccc6c(c7ccccc7n6-c6cccc7ccccc67)c54)nc4ccccc34)cc2)cc1. The van der Waals surface area contributed by atoms with Gasteiger partial charge in [0.1, 0.15) is 11.2 Å². The van der Waals surface area contributed by atoms with E-state index < -0.39 is 0 Å². The maximum Gasteiger partial charge on any atom is 0.235 e. The molecular formula is C54H32N4O. The summed E-state index contributed by atoms with van der Waals surface area (Å²) in [7, 11) is 0. The molecule has 0 aliphatic heterocycles. The van der Waals surface area contributed by atoms with E-state index in [1.54, 1.807) is 0 Å². The maximum atomic E-state index is 6.56. The first-order valence-electron chi connectivity index (χ1n) is 20.0. The van der Waals surface area contributed by atoms with Gasteiger partial charge >= 0.3 is 0 Å². The van der Waals surface area contributed by atoms with E-state index in [1.807, 2.05) is 12.1 Å². The highest BCUT2D eigenvalue weighted by Crippen LogP contribution is 2.46. The molecule has 13 aromatic rings. The summed E-state index contributed by atoms with van der Waals surface area (Å²) in [4.78, 5) is 11.0. The van der Waals surface area contributed by atoms with Crippen molar-refractivity contribution in [2.75, 3.05) is 0 Å². The first-order chi connectivity index (χ1) is 29.3. The summed E-state index contributed by atoms with van der Waals surface area (Å²) in [5.41, 5.74) is 12.3. The van der Waals surface area contributed by atoms with Crippen LogP contribution >= 0.6 is 0 Å². The highest BCUT2D eigenvalue weighted by atomic mass is 16.3. The highest BCUT2D eigenvalue weighted by Gasteiger charge is 2.26. The Labute approximate surface area is 337 Å². The van der Waals surface area contributed by atoms with E-state index in [9.17, 15) is 0 Å². The van der Waals surface area contributed by atoms with E-state index in [2.05, 4.69) is 191 Å². The summed E-state index contributed by atoms with van der Waals surface area (Å²) < 4.78 is 11.3. The molecule has 0 amide bonds. The Morgan fingerprint density at radius 3 is 1.86 bits per heavy atom. The van der Waals surface area contributed by atoms with E-state index in [4.69, 9.17) is 14.4 Å². The summed E-state index contributed by atoms with van der Waals surface area (Å²) in [6, 6.07) is 68.8. The lowest BCUT2D eigenvalue weighted by atomic mass is 10.0. The van der Waals surface area contributed by atoms with Crippen LogP contribution in [0.2, 0.25) is 0 Å². The second-order valence-corrected chi connectivity index (χ2v) is 15.3. The van der Waals surface area contributed by atoms with Crippen LogP contribution in [0.4, 0.5) is 0 Å². The molecule has 4 heterocycles. The number of hydrogen-bond donors (Lipinski definition) is 0. The first-order valence-corrected chi connectivity index (χ1v) is 20.0. The molecule has 5 nitrogen and oxygen atoms in total. The molecule has 4 aromatic heterocycles. The normalized spacial score (nSPS) is 12.1. The Hall–Kier alpha value is -8.02. The Bertz CT molecular complexity index is 3830. The highest BCUT2D eigenvalue weighted by molar-refractivity contribution is 6.31. The fraction of sp³-hybridized carbons (Fsp3) is 0. The number of nitrogens with zero attached hydrogens (tertiary/aromatic N) is 4. The van der Waals surface area contributed by atoms with E-state index in [0.29, 0.717) is 5.95 Å². The molecule has 0 fully saturated rings. The van der Waals surface area contributed by atoms with Crippen molar-refractivity contribution in [3.63, 3.8) is 0 Å². The van der Waals surface area contributed by atoms with Crippen LogP contribution < -0.4 is 0 Å². The third-order valence-electron chi connectivity index (χ3n) is 12.1. The van der Waals surface area contributed by atoms with E-state index in [1.165, 1.54) is 16.3 Å². The zero-order valence-electron chi connectivity index (χ0n) is 31.7. The molecule has 5 heteroatoms. The van der Waals surface area contributed by atoms with Crippen molar-refractivity contribution >= 4 is 87.2 Å². The number of aromatic nitrogens is 4. The molecule has 13 rings (SSSR count). The van der Waals surface area contributed by atoms with E-state index in [-0.39, 0.29) is 0 Å². The zero-order valence-corrected chi connectivity index (χ0v) is 31.7. The van der Waals surface area contributed by atoms with Gasteiger partial charge in [-0.15, -0.1) is 0 Å². The molecule has 0 N–H and O–H groups in total. The van der Waals surface area contributed by atoms with Crippen molar-refractivity contribution in [1.82, 2.24) is 19.1 Å². The van der Waals surface area contributed by atoms with Crippen molar-refractivity contribution in [2.24, 2.45) is 0 Å². The number of fused-ring (bicyclic) bond motifs is 13. The van der Waals surface area contributed by atoms with Crippen molar-refractivity contribution < 1.29 is 4.42 Å². The molecule has 9 aromatic carbocycles.